The number of rotatable bonds is 9. The van der Waals surface area contributed by atoms with Crippen molar-refractivity contribution in [2.75, 3.05) is 6.61 Å². The SMILES string of the molecule is Cc1cc(OCCCCn2c(COc3cccc4ccccc34)nc3ccccc32)ccc1Cl. The van der Waals surface area contributed by atoms with Gasteiger partial charge in [0.15, 0.2) is 0 Å². The monoisotopic (exact) mass is 470 g/mol. The molecule has 0 aliphatic heterocycles. The second-order valence-corrected chi connectivity index (χ2v) is 8.81. The zero-order valence-corrected chi connectivity index (χ0v) is 20.0. The molecule has 34 heavy (non-hydrogen) atoms. The van der Waals surface area contributed by atoms with Crippen molar-refractivity contribution in [3.63, 3.8) is 0 Å². The summed E-state index contributed by atoms with van der Waals surface area (Å²) in [5, 5.41) is 3.05. The van der Waals surface area contributed by atoms with Gasteiger partial charge in [-0.1, -0.05) is 60.1 Å². The molecule has 0 unspecified atom stereocenters. The molecular formula is C29H27ClN2O2. The highest BCUT2D eigenvalue weighted by Crippen LogP contribution is 2.27. The lowest BCUT2D eigenvalue weighted by molar-refractivity contribution is 0.287. The van der Waals surface area contributed by atoms with Crippen LogP contribution in [0.3, 0.4) is 0 Å². The van der Waals surface area contributed by atoms with Crippen LogP contribution in [0, 0.1) is 6.92 Å². The van der Waals surface area contributed by atoms with Crippen molar-refractivity contribution in [2.24, 2.45) is 0 Å². The number of halogens is 1. The van der Waals surface area contributed by atoms with Crippen molar-refractivity contribution in [1.82, 2.24) is 9.55 Å². The zero-order valence-electron chi connectivity index (χ0n) is 19.2. The van der Waals surface area contributed by atoms with Gasteiger partial charge in [-0.15, -0.1) is 0 Å². The summed E-state index contributed by atoms with van der Waals surface area (Å²) >= 11 is 6.10. The van der Waals surface area contributed by atoms with Crippen LogP contribution < -0.4 is 9.47 Å². The van der Waals surface area contributed by atoms with E-state index in [1.807, 2.05) is 55.5 Å². The number of nitrogens with zero attached hydrogens (tertiary/aromatic N) is 2. The summed E-state index contributed by atoms with van der Waals surface area (Å²) < 4.78 is 14.5. The number of ether oxygens (including phenoxy) is 2. The molecule has 1 aromatic heterocycles. The molecule has 0 saturated heterocycles. The molecule has 5 heteroatoms. The molecule has 0 radical (unpaired) electrons. The Kier molecular flexibility index (Phi) is 6.68. The fourth-order valence-electron chi connectivity index (χ4n) is 4.22. The summed E-state index contributed by atoms with van der Waals surface area (Å²) in [6.07, 6.45) is 1.92. The van der Waals surface area contributed by atoms with E-state index in [1.165, 1.54) is 5.39 Å². The van der Waals surface area contributed by atoms with E-state index in [-0.39, 0.29) is 0 Å². The highest BCUT2D eigenvalue weighted by atomic mass is 35.5. The van der Waals surface area contributed by atoms with E-state index in [2.05, 4.69) is 41.0 Å². The number of benzene rings is 4. The lowest BCUT2D eigenvalue weighted by atomic mass is 10.1. The standard InChI is InChI=1S/C29H27ClN2O2/c1-21-19-23(15-16-25(21)30)33-18-7-6-17-32-27-13-5-4-12-26(27)31-29(32)20-34-28-14-8-10-22-9-2-3-11-24(22)28/h2-5,8-16,19H,6-7,17-18,20H2,1H3. The zero-order chi connectivity index (χ0) is 23.3. The summed E-state index contributed by atoms with van der Waals surface area (Å²) in [5.74, 6) is 2.67. The van der Waals surface area contributed by atoms with Gasteiger partial charge in [0, 0.05) is 17.0 Å². The molecule has 0 atom stereocenters. The quantitative estimate of drug-likeness (QED) is 0.208. The fraction of sp³-hybridized carbons (Fsp3) is 0.207. The van der Waals surface area contributed by atoms with Gasteiger partial charge in [0.25, 0.3) is 0 Å². The van der Waals surface area contributed by atoms with Gasteiger partial charge < -0.3 is 14.0 Å². The largest absolute Gasteiger partial charge is 0.494 e. The van der Waals surface area contributed by atoms with Crippen LogP contribution in [0.2, 0.25) is 5.02 Å². The van der Waals surface area contributed by atoms with E-state index >= 15 is 0 Å². The number of aryl methyl sites for hydroxylation is 2. The molecule has 5 aromatic rings. The molecule has 5 rings (SSSR count). The molecule has 0 amide bonds. The first-order chi connectivity index (χ1) is 16.7. The van der Waals surface area contributed by atoms with Gasteiger partial charge >= 0.3 is 0 Å². The highest BCUT2D eigenvalue weighted by molar-refractivity contribution is 6.31. The molecule has 0 saturated carbocycles. The molecule has 1 heterocycles. The van der Waals surface area contributed by atoms with Gasteiger partial charge in [-0.05, 0) is 67.1 Å². The van der Waals surface area contributed by atoms with Crippen LogP contribution >= 0.6 is 11.6 Å². The maximum Gasteiger partial charge on any atom is 0.147 e. The third-order valence-electron chi connectivity index (χ3n) is 6.01. The summed E-state index contributed by atoms with van der Waals surface area (Å²) in [7, 11) is 0. The average Bonchev–Trinajstić information content (AvgIpc) is 3.22. The second-order valence-electron chi connectivity index (χ2n) is 8.40. The predicted octanol–water partition coefficient (Wildman–Crippen LogP) is 7.59. The van der Waals surface area contributed by atoms with Gasteiger partial charge in [0.1, 0.15) is 23.9 Å². The maximum atomic E-state index is 6.26. The Morgan fingerprint density at radius 3 is 2.59 bits per heavy atom. The normalized spacial score (nSPS) is 11.2. The van der Waals surface area contributed by atoms with Crippen molar-refractivity contribution in [3.05, 3.63) is 101 Å². The van der Waals surface area contributed by atoms with E-state index in [4.69, 9.17) is 26.1 Å². The number of hydrogen-bond donors (Lipinski definition) is 0. The van der Waals surface area contributed by atoms with Gasteiger partial charge in [-0.25, -0.2) is 4.98 Å². The number of hydrogen-bond acceptors (Lipinski definition) is 3. The van der Waals surface area contributed by atoms with Crippen LogP contribution in [0.4, 0.5) is 0 Å². The minimum absolute atomic E-state index is 0.420. The van der Waals surface area contributed by atoms with Crippen LogP contribution in [0.15, 0.2) is 84.9 Å². The van der Waals surface area contributed by atoms with Crippen molar-refractivity contribution in [2.45, 2.75) is 32.9 Å². The number of fused-ring (bicyclic) bond motifs is 2. The first-order valence-electron chi connectivity index (χ1n) is 11.6. The fourth-order valence-corrected chi connectivity index (χ4v) is 4.34. The van der Waals surface area contributed by atoms with E-state index in [9.17, 15) is 0 Å². The number of para-hydroxylation sites is 2. The summed E-state index contributed by atoms with van der Waals surface area (Å²) in [4.78, 5) is 4.87. The lowest BCUT2D eigenvalue weighted by Crippen LogP contribution is -2.09. The molecule has 0 spiro atoms. The first kappa shape index (κ1) is 22.3. The number of imidazole rings is 1. The van der Waals surface area contributed by atoms with Crippen molar-refractivity contribution in [3.8, 4) is 11.5 Å². The average molecular weight is 471 g/mol. The van der Waals surface area contributed by atoms with Crippen molar-refractivity contribution < 1.29 is 9.47 Å². The van der Waals surface area contributed by atoms with Crippen molar-refractivity contribution >= 4 is 33.4 Å². The lowest BCUT2D eigenvalue weighted by Gasteiger charge is -2.12. The molecule has 4 aromatic carbocycles. The van der Waals surface area contributed by atoms with Crippen LogP contribution in [0.1, 0.15) is 24.2 Å². The number of unbranched alkanes of at least 4 members (excludes halogenated alkanes) is 1. The number of aromatic nitrogens is 2. The smallest absolute Gasteiger partial charge is 0.147 e. The minimum Gasteiger partial charge on any atom is -0.494 e. The predicted molar refractivity (Wildman–Crippen MR) is 139 cm³/mol. The molecule has 172 valence electrons. The highest BCUT2D eigenvalue weighted by Gasteiger charge is 2.12. The van der Waals surface area contributed by atoms with E-state index in [0.717, 1.165) is 63.7 Å². The van der Waals surface area contributed by atoms with Crippen LogP contribution in [-0.2, 0) is 13.2 Å². The molecule has 0 N–H and O–H groups in total. The molecule has 0 aliphatic carbocycles. The Morgan fingerprint density at radius 2 is 1.68 bits per heavy atom. The van der Waals surface area contributed by atoms with Crippen molar-refractivity contribution in [1.29, 1.82) is 0 Å². The van der Waals surface area contributed by atoms with Gasteiger partial charge in [0.2, 0.25) is 0 Å². The molecule has 0 fully saturated rings. The summed E-state index contributed by atoms with van der Waals surface area (Å²) in [5.41, 5.74) is 3.15. The third kappa shape index (κ3) is 4.87. The Morgan fingerprint density at radius 1 is 0.853 bits per heavy atom. The van der Waals surface area contributed by atoms with Gasteiger partial charge in [-0.3, -0.25) is 0 Å². The first-order valence-corrected chi connectivity index (χ1v) is 12.0. The maximum absolute atomic E-state index is 6.26. The molecule has 4 nitrogen and oxygen atoms in total. The topological polar surface area (TPSA) is 36.3 Å². The minimum atomic E-state index is 0.420. The Labute approximate surface area is 204 Å². The third-order valence-corrected chi connectivity index (χ3v) is 6.44. The summed E-state index contributed by atoms with van der Waals surface area (Å²) in [6, 6.07) is 28.5. The van der Waals surface area contributed by atoms with Crippen LogP contribution in [0.5, 0.6) is 11.5 Å². The summed E-state index contributed by atoms with van der Waals surface area (Å²) in [6.45, 7) is 3.93. The Balaban J connectivity index is 1.26. The van der Waals surface area contributed by atoms with Gasteiger partial charge in [-0.2, -0.15) is 0 Å². The molecule has 0 bridgehead atoms. The second kappa shape index (κ2) is 10.2. The van der Waals surface area contributed by atoms with E-state index < -0.39 is 0 Å². The van der Waals surface area contributed by atoms with Gasteiger partial charge in [0.05, 0.1) is 17.6 Å². The van der Waals surface area contributed by atoms with Crippen LogP contribution in [-0.4, -0.2) is 16.2 Å². The molecule has 0 aliphatic rings. The Bertz CT molecular complexity index is 1420. The van der Waals surface area contributed by atoms with E-state index in [1.54, 1.807) is 0 Å². The van der Waals surface area contributed by atoms with Crippen LogP contribution in [0.25, 0.3) is 21.8 Å². The van der Waals surface area contributed by atoms with E-state index in [0.29, 0.717) is 13.2 Å². The Hall–Kier alpha value is -3.50. The molecular weight excluding hydrogens is 444 g/mol.